The lowest BCUT2D eigenvalue weighted by atomic mass is 10.1. The number of amides is 1. The first-order valence-corrected chi connectivity index (χ1v) is 9.88. The highest BCUT2D eigenvalue weighted by Gasteiger charge is 2.12. The molecule has 0 spiro atoms. The van der Waals surface area contributed by atoms with Crippen LogP contribution in [0.15, 0.2) is 73.2 Å². The zero-order valence-corrected chi connectivity index (χ0v) is 16.8. The number of aromatic nitrogens is 4. The predicted molar refractivity (Wildman–Crippen MR) is 116 cm³/mol. The summed E-state index contributed by atoms with van der Waals surface area (Å²) in [5, 5.41) is 3.13. The second-order valence-electron chi connectivity index (χ2n) is 6.99. The molecule has 0 bridgehead atoms. The molecule has 31 heavy (non-hydrogen) atoms. The van der Waals surface area contributed by atoms with Crippen LogP contribution in [0.3, 0.4) is 0 Å². The molecule has 5 aromatic rings. The zero-order valence-electron chi connectivity index (χ0n) is 16.1. The van der Waals surface area contributed by atoms with Crippen molar-refractivity contribution in [3.8, 4) is 11.3 Å². The fourth-order valence-electron chi connectivity index (χ4n) is 3.32. The lowest BCUT2D eigenvalue weighted by Crippen LogP contribution is -2.22. The van der Waals surface area contributed by atoms with Gasteiger partial charge in [0.1, 0.15) is 17.2 Å². The van der Waals surface area contributed by atoms with Gasteiger partial charge in [0.2, 0.25) is 0 Å². The third-order valence-corrected chi connectivity index (χ3v) is 5.17. The SMILES string of the molecule is O=C(NCc1ccc2nccn2c1)c1ccc2nc(Cl)c(-c3ccc(F)cc3)nc2c1. The number of carbonyl (C=O) groups excluding carboxylic acids is 1. The van der Waals surface area contributed by atoms with Gasteiger partial charge in [0.15, 0.2) is 5.15 Å². The van der Waals surface area contributed by atoms with Gasteiger partial charge in [-0.1, -0.05) is 17.7 Å². The Morgan fingerprint density at radius 3 is 2.71 bits per heavy atom. The number of halogens is 2. The molecule has 1 amide bonds. The molecule has 3 heterocycles. The Bertz CT molecular complexity index is 1430. The Morgan fingerprint density at radius 2 is 1.87 bits per heavy atom. The van der Waals surface area contributed by atoms with Gasteiger partial charge in [-0.25, -0.2) is 19.3 Å². The summed E-state index contributed by atoms with van der Waals surface area (Å²) in [5.74, 6) is -0.576. The minimum Gasteiger partial charge on any atom is -0.348 e. The van der Waals surface area contributed by atoms with Crippen molar-refractivity contribution >= 4 is 34.2 Å². The van der Waals surface area contributed by atoms with Crippen LogP contribution in [0.5, 0.6) is 0 Å². The number of nitrogens with one attached hydrogen (secondary N) is 1. The summed E-state index contributed by atoms with van der Waals surface area (Å²) in [4.78, 5) is 25.8. The van der Waals surface area contributed by atoms with E-state index < -0.39 is 0 Å². The summed E-state index contributed by atoms with van der Waals surface area (Å²) < 4.78 is 15.1. The van der Waals surface area contributed by atoms with Crippen molar-refractivity contribution in [3.05, 3.63) is 95.3 Å². The second kappa shape index (κ2) is 7.77. The van der Waals surface area contributed by atoms with Crippen molar-refractivity contribution in [1.82, 2.24) is 24.7 Å². The molecule has 2 aromatic carbocycles. The minimum absolute atomic E-state index is 0.214. The van der Waals surface area contributed by atoms with Crippen molar-refractivity contribution in [2.45, 2.75) is 6.54 Å². The average molecular weight is 432 g/mol. The Balaban J connectivity index is 1.40. The highest BCUT2D eigenvalue weighted by Crippen LogP contribution is 2.27. The molecular formula is C23H15ClFN5O. The van der Waals surface area contributed by atoms with Crippen LogP contribution in [0.1, 0.15) is 15.9 Å². The third kappa shape index (κ3) is 3.83. The van der Waals surface area contributed by atoms with Crippen molar-refractivity contribution in [2.75, 3.05) is 0 Å². The quantitative estimate of drug-likeness (QED) is 0.449. The largest absolute Gasteiger partial charge is 0.348 e. The van der Waals surface area contributed by atoms with Crippen molar-refractivity contribution in [3.63, 3.8) is 0 Å². The van der Waals surface area contributed by atoms with E-state index in [-0.39, 0.29) is 16.9 Å². The summed E-state index contributed by atoms with van der Waals surface area (Å²) in [6, 6.07) is 14.7. The zero-order chi connectivity index (χ0) is 21.4. The van der Waals surface area contributed by atoms with E-state index >= 15 is 0 Å². The number of hydrogen-bond acceptors (Lipinski definition) is 4. The third-order valence-electron chi connectivity index (χ3n) is 4.90. The molecule has 0 saturated carbocycles. The smallest absolute Gasteiger partial charge is 0.251 e. The molecular weight excluding hydrogens is 417 g/mol. The maximum atomic E-state index is 13.2. The fraction of sp³-hybridized carbons (Fsp3) is 0.0435. The number of benzene rings is 2. The molecule has 1 N–H and O–H groups in total. The molecule has 0 saturated heterocycles. The number of nitrogens with zero attached hydrogens (tertiary/aromatic N) is 4. The van der Waals surface area contributed by atoms with E-state index in [1.54, 1.807) is 36.5 Å². The number of fused-ring (bicyclic) bond motifs is 2. The van der Waals surface area contributed by atoms with Crippen LogP contribution < -0.4 is 5.32 Å². The van der Waals surface area contributed by atoms with Crippen LogP contribution in [0.25, 0.3) is 27.9 Å². The monoisotopic (exact) mass is 431 g/mol. The van der Waals surface area contributed by atoms with Gasteiger partial charge in [0.05, 0.1) is 11.0 Å². The highest BCUT2D eigenvalue weighted by molar-refractivity contribution is 6.32. The first-order chi connectivity index (χ1) is 15.1. The lowest BCUT2D eigenvalue weighted by molar-refractivity contribution is 0.0951. The van der Waals surface area contributed by atoms with Crippen LogP contribution in [-0.4, -0.2) is 25.3 Å². The van der Waals surface area contributed by atoms with Crippen molar-refractivity contribution in [2.24, 2.45) is 0 Å². The lowest BCUT2D eigenvalue weighted by Gasteiger charge is -2.09. The summed E-state index contributed by atoms with van der Waals surface area (Å²) >= 11 is 6.28. The molecule has 0 aliphatic rings. The number of imidazole rings is 1. The molecule has 152 valence electrons. The van der Waals surface area contributed by atoms with Gasteiger partial charge in [-0.05, 0) is 54.1 Å². The van der Waals surface area contributed by atoms with Crippen LogP contribution >= 0.6 is 11.6 Å². The number of hydrogen-bond donors (Lipinski definition) is 1. The summed E-state index contributed by atoms with van der Waals surface area (Å²) in [6.45, 7) is 0.373. The van der Waals surface area contributed by atoms with E-state index in [1.807, 2.05) is 28.9 Å². The summed E-state index contributed by atoms with van der Waals surface area (Å²) in [5.41, 5.74) is 4.42. The van der Waals surface area contributed by atoms with E-state index in [1.165, 1.54) is 12.1 Å². The van der Waals surface area contributed by atoms with Gasteiger partial charge in [-0.3, -0.25) is 4.79 Å². The van der Waals surface area contributed by atoms with E-state index in [2.05, 4.69) is 20.3 Å². The number of carbonyl (C=O) groups is 1. The molecule has 6 nitrogen and oxygen atoms in total. The Kier molecular flexibility index (Phi) is 4.80. The molecule has 0 atom stereocenters. The molecule has 8 heteroatoms. The fourth-order valence-corrected chi connectivity index (χ4v) is 3.56. The van der Waals surface area contributed by atoms with Crippen molar-refractivity contribution in [1.29, 1.82) is 0 Å². The predicted octanol–water partition coefficient (Wildman–Crippen LogP) is 4.67. The standard InChI is InChI=1S/C23H15ClFN5O/c24-22-21(15-2-5-17(25)6-3-15)28-19-11-16(4-7-18(19)29-22)23(31)27-12-14-1-8-20-26-9-10-30(20)13-14/h1-11,13H,12H2,(H,27,31). The van der Waals surface area contributed by atoms with Gasteiger partial charge in [0.25, 0.3) is 5.91 Å². The second-order valence-corrected chi connectivity index (χ2v) is 7.34. The van der Waals surface area contributed by atoms with Crippen LogP contribution in [0.2, 0.25) is 5.15 Å². The first kappa shape index (κ1) is 19.1. The topological polar surface area (TPSA) is 72.2 Å². The van der Waals surface area contributed by atoms with E-state index in [4.69, 9.17) is 11.6 Å². The Hall–Kier alpha value is -3.84. The van der Waals surface area contributed by atoms with Gasteiger partial charge < -0.3 is 9.72 Å². The molecule has 5 rings (SSSR count). The molecule has 0 aliphatic carbocycles. The summed E-state index contributed by atoms with van der Waals surface area (Å²) in [7, 11) is 0. The van der Waals surface area contributed by atoms with E-state index in [0.29, 0.717) is 34.4 Å². The Morgan fingerprint density at radius 1 is 1.03 bits per heavy atom. The first-order valence-electron chi connectivity index (χ1n) is 9.50. The van der Waals surface area contributed by atoms with E-state index in [9.17, 15) is 9.18 Å². The van der Waals surface area contributed by atoms with Crippen LogP contribution in [-0.2, 0) is 6.54 Å². The van der Waals surface area contributed by atoms with Crippen LogP contribution in [0, 0.1) is 5.82 Å². The average Bonchev–Trinajstić information content (AvgIpc) is 3.25. The minimum atomic E-state index is -0.347. The molecule has 0 unspecified atom stereocenters. The van der Waals surface area contributed by atoms with Crippen LogP contribution in [0.4, 0.5) is 4.39 Å². The van der Waals surface area contributed by atoms with Gasteiger partial charge in [-0.2, -0.15) is 0 Å². The number of pyridine rings is 1. The normalized spacial score (nSPS) is 11.2. The van der Waals surface area contributed by atoms with E-state index in [0.717, 1.165) is 11.2 Å². The maximum absolute atomic E-state index is 13.2. The van der Waals surface area contributed by atoms with Gasteiger partial charge >= 0.3 is 0 Å². The molecule has 0 aliphatic heterocycles. The molecule has 3 aromatic heterocycles. The Labute approximate surface area is 181 Å². The molecule has 0 fully saturated rings. The summed E-state index contributed by atoms with van der Waals surface area (Å²) in [6.07, 6.45) is 5.50. The highest BCUT2D eigenvalue weighted by atomic mass is 35.5. The van der Waals surface area contributed by atoms with Crippen molar-refractivity contribution < 1.29 is 9.18 Å². The number of rotatable bonds is 4. The van der Waals surface area contributed by atoms with Gasteiger partial charge in [-0.15, -0.1) is 0 Å². The van der Waals surface area contributed by atoms with Gasteiger partial charge in [0, 0.05) is 36.3 Å². The maximum Gasteiger partial charge on any atom is 0.251 e. The molecule has 0 radical (unpaired) electrons.